The Morgan fingerprint density at radius 1 is 1.14 bits per heavy atom. The summed E-state index contributed by atoms with van der Waals surface area (Å²) in [6, 6.07) is 11.2. The largest absolute Gasteiger partial charge is 0.493 e. The molecule has 0 aliphatic heterocycles. The van der Waals surface area contributed by atoms with E-state index in [2.05, 4.69) is 15.5 Å². The van der Waals surface area contributed by atoms with Crippen LogP contribution in [0.15, 0.2) is 52.1 Å². The fraction of sp³-hybridized carbons (Fsp3) is 0.211. The highest BCUT2D eigenvalue weighted by Gasteiger charge is 2.20. The number of amides is 1. The molecular weight excluding hydrogens is 385 g/mol. The minimum Gasteiger partial charge on any atom is -0.493 e. The summed E-state index contributed by atoms with van der Waals surface area (Å²) in [5, 5.41) is 10.2. The summed E-state index contributed by atoms with van der Waals surface area (Å²) in [7, 11) is 3.06. The standard InChI is InChI=1S/C19H18FN3O4S/c1-11(17(24)21-12-8-9-15(25-2)16(10-12)26-3)28-19-23-22-18(27-19)13-6-4-5-7-14(13)20/h4-11H,1-3H3,(H,21,24)/t11-/m0/s1. The Labute approximate surface area is 165 Å². The van der Waals surface area contributed by atoms with Crippen LogP contribution < -0.4 is 14.8 Å². The van der Waals surface area contributed by atoms with Crippen molar-refractivity contribution in [3.05, 3.63) is 48.3 Å². The molecule has 1 N–H and O–H groups in total. The lowest BCUT2D eigenvalue weighted by Gasteiger charge is -2.12. The number of rotatable bonds is 7. The molecule has 0 bridgehead atoms. The van der Waals surface area contributed by atoms with Crippen molar-refractivity contribution in [1.82, 2.24) is 10.2 Å². The van der Waals surface area contributed by atoms with E-state index in [4.69, 9.17) is 13.9 Å². The fourth-order valence-corrected chi connectivity index (χ4v) is 3.05. The van der Waals surface area contributed by atoms with E-state index < -0.39 is 11.1 Å². The molecule has 3 rings (SSSR count). The van der Waals surface area contributed by atoms with Crippen LogP contribution >= 0.6 is 11.8 Å². The van der Waals surface area contributed by atoms with Crippen LogP contribution in [-0.2, 0) is 4.79 Å². The molecule has 1 aromatic heterocycles. The van der Waals surface area contributed by atoms with Crippen molar-refractivity contribution in [2.45, 2.75) is 17.4 Å². The van der Waals surface area contributed by atoms with Gasteiger partial charge in [0.05, 0.1) is 25.0 Å². The number of carbonyl (C=O) groups excluding carboxylic acids is 1. The van der Waals surface area contributed by atoms with E-state index in [1.165, 1.54) is 20.3 Å². The van der Waals surface area contributed by atoms with Gasteiger partial charge in [0.1, 0.15) is 5.82 Å². The smallest absolute Gasteiger partial charge is 0.277 e. The van der Waals surface area contributed by atoms with E-state index in [1.807, 2.05) is 0 Å². The summed E-state index contributed by atoms with van der Waals surface area (Å²) < 4.78 is 29.7. The molecule has 0 radical (unpaired) electrons. The number of nitrogens with one attached hydrogen (secondary N) is 1. The monoisotopic (exact) mass is 403 g/mol. The Morgan fingerprint density at radius 2 is 1.89 bits per heavy atom. The molecule has 0 aliphatic rings. The van der Waals surface area contributed by atoms with Gasteiger partial charge in [-0.1, -0.05) is 23.9 Å². The molecule has 0 spiro atoms. The van der Waals surface area contributed by atoms with Crippen molar-refractivity contribution in [2.24, 2.45) is 0 Å². The summed E-state index contributed by atoms with van der Waals surface area (Å²) in [6.07, 6.45) is 0. The molecule has 0 saturated carbocycles. The molecule has 9 heteroatoms. The van der Waals surface area contributed by atoms with E-state index in [0.29, 0.717) is 17.2 Å². The number of carbonyl (C=O) groups is 1. The first-order chi connectivity index (χ1) is 13.5. The summed E-state index contributed by atoms with van der Waals surface area (Å²) in [6.45, 7) is 1.70. The van der Waals surface area contributed by atoms with Gasteiger partial charge in [-0.2, -0.15) is 0 Å². The Bertz CT molecular complexity index is 979. The van der Waals surface area contributed by atoms with Gasteiger partial charge in [-0.3, -0.25) is 4.79 Å². The predicted molar refractivity (Wildman–Crippen MR) is 103 cm³/mol. The number of hydrogen-bond donors (Lipinski definition) is 1. The molecule has 2 aromatic carbocycles. The first kappa shape index (κ1) is 19.7. The fourth-order valence-electron chi connectivity index (χ4n) is 2.36. The first-order valence-electron chi connectivity index (χ1n) is 8.29. The van der Waals surface area contributed by atoms with Gasteiger partial charge in [0, 0.05) is 11.8 Å². The molecule has 7 nitrogen and oxygen atoms in total. The molecule has 0 fully saturated rings. The lowest BCUT2D eigenvalue weighted by atomic mass is 10.2. The molecule has 28 heavy (non-hydrogen) atoms. The van der Waals surface area contributed by atoms with Crippen LogP contribution in [0.5, 0.6) is 11.5 Å². The topological polar surface area (TPSA) is 86.5 Å². The number of ether oxygens (including phenoxy) is 2. The van der Waals surface area contributed by atoms with Crippen LogP contribution in [0, 0.1) is 5.82 Å². The third-order valence-electron chi connectivity index (χ3n) is 3.81. The normalized spacial score (nSPS) is 11.7. The predicted octanol–water partition coefficient (Wildman–Crippen LogP) is 4.01. The third-order valence-corrected chi connectivity index (χ3v) is 4.74. The highest BCUT2D eigenvalue weighted by atomic mass is 32.2. The van der Waals surface area contributed by atoms with Gasteiger partial charge in [-0.05, 0) is 31.2 Å². The van der Waals surface area contributed by atoms with Gasteiger partial charge in [0.2, 0.25) is 5.91 Å². The molecule has 146 valence electrons. The minimum absolute atomic E-state index is 0.0631. The van der Waals surface area contributed by atoms with Crippen LogP contribution in [0.25, 0.3) is 11.5 Å². The number of hydrogen-bond acceptors (Lipinski definition) is 7. The van der Waals surface area contributed by atoms with Crippen LogP contribution in [0.2, 0.25) is 0 Å². The first-order valence-corrected chi connectivity index (χ1v) is 9.17. The van der Waals surface area contributed by atoms with E-state index in [-0.39, 0.29) is 22.6 Å². The maximum atomic E-state index is 13.8. The Balaban J connectivity index is 1.66. The molecule has 1 atom stereocenters. The van der Waals surface area contributed by atoms with E-state index in [9.17, 15) is 9.18 Å². The number of thioether (sulfide) groups is 1. The molecule has 0 unspecified atom stereocenters. The molecule has 3 aromatic rings. The average molecular weight is 403 g/mol. The van der Waals surface area contributed by atoms with E-state index >= 15 is 0 Å². The number of anilines is 1. The second kappa shape index (κ2) is 8.75. The van der Waals surface area contributed by atoms with E-state index in [1.54, 1.807) is 43.3 Å². The lowest BCUT2D eigenvalue weighted by Crippen LogP contribution is -2.22. The highest BCUT2D eigenvalue weighted by Crippen LogP contribution is 2.31. The van der Waals surface area contributed by atoms with Gasteiger partial charge in [0.15, 0.2) is 11.5 Å². The van der Waals surface area contributed by atoms with E-state index in [0.717, 1.165) is 11.8 Å². The summed E-state index contributed by atoms with van der Waals surface area (Å²) in [4.78, 5) is 12.4. The Kier molecular flexibility index (Phi) is 6.15. The number of nitrogens with zero attached hydrogens (tertiary/aromatic N) is 2. The van der Waals surface area contributed by atoms with Gasteiger partial charge in [0.25, 0.3) is 11.1 Å². The summed E-state index contributed by atoms with van der Waals surface area (Å²) >= 11 is 1.08. The number of benzene rings is 2. The van der Waals surface area contributed by atoms with Gasteiger partial charge in [-0.15, -0.1) is 10.2 Å². The molecule has 1 heterocycles. The van der Waals surface area contributed by atoms with Crippen LogP contribution in [0.1, 0.15) is 6.92 Å². The average Bonchev–Trinajstić information content (AvgIpc) is 3.16. The minimum atomic E-state index is -0.526. The van der Waals surface area contributed by atoms with Crippen LogP contribution in [0.3, 0.4) is 0 Å². The van der Waals surface area contributed by atoms with Crippen molar-refractivity contribution in [3.63, 3.8) is 0 Å². The maximum Gasteiger partial charge on any atom is 0.277 e. The highest BCUT2D eigenvalue weighted by molar-refractivity contribution is 8.00. The summed E-state index contributed by atoms with van der Waals surface area (Å²) in [5.41, 5.74) is 0.775. The Hall–Kier alpha value is -3.07. The zero-order chi connectivity index (χ0) is 20.1. The van der Waals surface area contributed by atoms with Gasteiger partial charge in [-0.25, -0.2) is 4.39 Å². The molecule has 1 amide bonds. The maximum absolute atomic E-state index is 13.8. The lowest BCUT2D eigenvalue weighted by molar-refractivity contribution is -0.115. The quantitative estimate of drug-likeness (QED) is 0.597. The third kappa shape index (κ3) is 4.42. The summed E-state index contributed by atoms with van der Waals surface area (Å²) in [5.74, 6) is 0.416. The number of halogens is 1. The van der Waals surface area contributed by atoms with Crippen molar-refractivity contribution < 1.29 is 23.1 Å². The molecule has 0 saturated heterocycles. The second-order valence-corrected chi connectivity index (χ2v) is 6.96. The van der Waals surface area contributed by atoms with Crippen molar-refractivity contribution in [3.8, 4) is 23.0 Å². The zero-order valence-corrected chi connectivity index (χ0v) is 16.2. The van der Waals surface area contributed by atoms with Gasteiger partial charge >= 0.3 is 0 Å². The van der Waals surface area contributed by atoms with Gasteiger partial charge < -0.3 is 19.2 Å². The van der Waals surface area contributed by atoms with Crippen molar-refractivity contribution >= 4 is 23.4 Å². The zero-order valence-electron chi connectivity index (χ0n) is 15.4. The van der Waals surface area contributed by atoms with Crippen LogP contribution in [0.4, 0.5) is 10.1 Å². The Morgan fingerprint density at radius 3 is 2.61 bits per heavy atom. The number of aromatic nitrogens is 2. The molecule has 0 aliphatic carbocycles. The number of methoxy groups -OCH3 is 2. The van der Waals surface area contributed by atoms with Crippen LogP contribution in [-0.4, -0.2) is 35.6 Å². The van der Waals surface area contributed by atoms with Crippen molar-refractivity contribution in [1.29, 1.82) is 0 Å². The SMILES string of the molecule is COc1ccc(NC(=O)[C@H](C)Sc2nnc(-c3ccccc3F)o2)cc1OC. The molecular formula is C19H18FN3O4S. The van der Waals surface area contributed by atoms with Crippen molar-refractivity contribution in [2.75, 3.05) is 19.5 Å². The second-order valence-electron chi connectivity index (χ2n) is 5.67.